The van der Waals surface area contributed by atoms with E-state index in [0.29, 0.717) is 0 Å². The molecule has 5 heavy (non-hydrogen) atoms. The lowest BCUT2D eigenvalue weighted by molar-refractivity contribution is 0.471. The Morgan fingerprint density at radius 2 is 1.40 bits per heavy atom. The van der Waals surface area contributed by atoms with Crippen LogP contribution in [0.4, 0.5) is 0 Å². The second kappa shape index (κ2) is 0.534. The van der Waals surface area contributed by atoms with Gasteiger partial charge in [0.15, 0.2) is 0 Å². The third-order valence-electron chi connectivity index (χ3n) is 0.760. The fourth-order valence-corrected chi connectivity index (χ4v) is 0.204. The number of hydrogen-bond donors (Lipinski definition) is 0. The van der Waals surface area contributed by atoms with Crippen molar-refractivity contribution in [2.75, 3.05) is 0 Å². The maximum Gasteiger partial charge on any atom is 0.139 e. The summed E-state index contributed by atoms with van der Waals surface area (Å²) >= 11 is 0. The largest absolute Gasteiger partial charge is 0.460 e. The Morgan fingerprint density at radius 1 is 1.20 bits per heavy atom. The predicted octanol–water partition coefficient (Wildman–Crippen LogP) is 1.27. The molecular formula is C4H6O. The first-order valence-corrected chi connectivity index (χ1v) is 1.66. The van der Waals surface area contributed by atoms with Crippen molar-refractivity contribution in [3.63, 3.8) is 0 Å². The zero-order valence-corrected chi connectivity index (χ0v) is 3.41. The van der Waals surface area contributed by atoms with Gasteiger partial charge < -0.3 is 4.74 Å². The van der Waals surface area contributed by atoms with E-state index in [2.05, 4.69) is 0 Å². The molecule has 1 rings (SSSR count). The van der Waals surface area contributed by atoms with Gasteiger partial charge in [0.05, 0.1) is 0 Å². The quantitative estimate of drug-likeness (QED) is 0.418. The second-order valence-electron chi connectivity index (χ2n) is 1.21. The molecule has 0 amide bonds. The SMILES string of the molecule is CC1=C(C)O1. The molecule has 0 aromatic rings. The number of rotatable bonds is 0. The van der Waals surface area contributed by atoms with Gasteiger partial charge in [0.25, 0.3) is 0 Å². The molecule has 0 aromatic carbocycles. The van der Waals surface area contributed by atoms with Gasteiger partial charge in [0.2, 0.25) is 0 Å². The minimum atomic E-state index is 1.09. The highest BCUT2D eigenvalue weighted by atomic mass is 16.6. The van der Waals surface area contributed by atoms with Gasteiger partial charge in [-0.05, 0) is 13.8 Å². The van der Waals surface area contributed by atoms with E-state index in [-0.39, 0.29) is 0 Å². The van der Waals surface area contributed by atoms with Gasteiger partial charge in [-0.2, -0.15) is 0 Å². The molecule has 0 aromatic heterocycles. The molecule has 0 spiro atoms. The maximum atomic E-state index is 4.75. The standard InChI is InChI=1S/C4H6O/c1-3-4(2)5-3/h1-2H3. The summed E-state index contributed by atoms with van der Waals surface area (Å²) in [4.78, 5) is 0. The van der Waals surface area contributed by atoms with Crippen molar-refractivity contribution in [3.05, 3.63) is 11.5 Å². The Hall–Kier alpha value is -0.460. The lowest BCUT2D eigenvalue weighted by Gasteiger charge is -1.58. The van der Waals surface area contributed by atoms with Crippen LogP contribution < -0.4 is 0 Å². The number of ether oxygens (including phenoxy) is 1. The van der Waals surface area contributed by atoms with E-state index in [1.165, 1.54) is 0 Å². The molecule has 1 aliphatic heterocycles. The van der Waals surface area contributed by atoms with Gasteiger partial charge in [-0.15, -0.1) is 0 Å². The Labute approximate surface area is 31.3 Å². The van der Waals surface area contributed by atoms with Crippen molar-refractivity contribution in [2.45, 2.75) is 13.8 Å². The molecule has 0 N–H and O–H groups in total. The Balaban J connectivity index is 2.59. The second-order valence-corrected chi connectivity index (χ2v) is 1.21. The molecule has 0 bridgehead atoms. The first-order chi connectivity index (χ1) is 2.30. The highest BCUT2D eigenvalue weighted by Crippen LogP contribution is 2.22. The molecule has 0 unspecified atom stereocenters. The minimum absolute atomic E-state index is 1.09. The molecule has 0 radical (unpaired) electrons. The molecule has 1 aliphatic rings. The van der Waals surface area contributed by atoms with Crippen molar-refractivity contribution >= 4 is 0 Å². The van der Waals surface area contributed by atoms with Gasteiger partial charge in [0, 0.05) is 0 Å². The van der Waals surface area contributed by atoms with E-state index in [9.17, 15) is 0 Å². The van der Waals surface area contributed by atoms with Crippen LogP contribution in [0.5, 0.6) is 0 Å². The summed E-state index contributed by atoms with van der Waals surface area (Å²) in [7, 11) is 0. The Morgan fingerprint density at radius 3 is 1.40 bits per heavy atom. The average Bonchev–Trinajstić information content (AvgIpc) is 1.79. The van der Waals surface area contributed by atoms with E-state index >= 15 is 0 Å². The lowest BCUT2D eigenvalue weighted by Crippen LogP contribution is -1.36. The summed E-state index contributed by atoms with van der Waals surface area (Å²) in [6.07, 6.45) is 0. The molecule has 1 nitrogen and oxygen atoms in total. The van der Waals surface area contributed by atoms with Crippen molar-refractivity contribution in [1.29, 1.82) is 0 Å². The van der Waals surface area contributed by atoms with Crippen LogP contribution in [0.2, 0.25) is 0 Å². The van der Waals surface area contributed by atoms with Gasteiger partial charge in [0.1, 0.15) is 11.5 Å². The molecule has 0 fully saturated rings. The lowest BCUT2D eigenvalue weighted by atomic mass is 10.6. The van der Waals surface area contributed by atoms with Gasteiger partial charge >= 0.3 is 0 Å². The van der Waals surface area contributed by atoms with Crippen molar-refractivity contribution in [3.8, 4) is 0 Å². The van der Waals surface area contributed by atoms with Gasteiger partial charge in [-0.1, -0.05) is 0 Å². The number of hydrogen-bond acceptors (Lipinski definition) is 1. The Bertz CT molecular complexity index is 71.6. The predicted molar refractivity (Wildman–Crippen MR) is 19.5 cm³/mol. The summed E-state index contributed by atoms with van der Waals surface area (Å²) in [5, 5.41) is 0. The maximum absolute atomic E-state index is 4.75. The molecular weight excluding hydrogens is 64.0 g/mol. The normalized spacial score (nSPS) is 18.8. The van der Waals surface area contributed by atoms with E-state index in [4.69, 9.17) is 4.74 Å². The van der Waals surface area contributed by atoms with Crippen LogP contribution >= 0.6 is 0 Å². The zero-order valence-electron chi connectivity index (χ0n) is 3.41. The van der Waals surface area contributed by atoms with Crippen LogP contribution in [-0.2, 0) is 4.74 Å². The summed E-state index contributed by atoms with van der Waals surface area (Å²) in [5.74, 6) is 2.18. The first-order valence-electron chi connectivity index (χ1n) is 1.66. The van der Waals surface area contributed by atoms with Crippen molar-refractivity contribution < 1.29 is 4.74 Å². The molecule has 1 heteroatoms. The van der Waals surface area contributed by atoms with Gasteiger partial charge in [-0.3, -0.25) is 0 Å². The zero-order chi connectivity index (χ0) is 3.86. The summed E-state index contributed by atoms with van der Waals surface area (Å²) in [5.41, 5.74) is 0. The molecule has 0 saturated carbocycles. The fourth-order valence-electron chi connectivity index (χ4n) is 0.204. The highest BCUT2D eigenvalue weighted by molar-refractivity contribution is 5.10. The van der Waals surface area contributed by atoms with Crippen LogP contribution in [0, 0.1) is 0 Å². The summed E-state index contributed by atoms with van der Waals surface area (Å²) in [6.45, 7) is 3.91. The average molecular weight is 70.1 g/mol. The fraction of sp³-hybridized carbons (Fsp3) is 0.500. The molecule has 1 heterocycles. The van der Waals surface area contributed by atoms with Crippen LogP contribution in [0.1, 0.15) is 13.8 Å². The third kappa shape index (κ3) is 0.274. The molecule has 0 aliphatic carbocycles. The molecule has 0 atom stereocenters. The third-order valence-corrected chi connectivity index (χ3v) is 0.760. The van der Waals surface area contributed by atoms with E-state index in [0.717, 1.165) is 11.5 Å². The monoisotopic (exact) mass is 70.0 g/mol. The molecule has 0 saturated heterocycles. The summed E-state index contributed by atoms with van der Waals surface area (Å²) in [6, 6.07) is 0. The number of allylic oxidation sites excluding steroid dienone is 2. The highest BCUT2D eigenvalue weighted by Gasteiger charge is 2.10. The topological polar surface area (TPSA) is 12.5 Å². The van der Waals surface area contributed by atoms with E-state index in [1.54, 1.807) is 0 Å². The van der Waals surface area contributed by atoms with E-state index in [1.807, 2.05) is 13.8 Å². The van der Waals surface area contributed by atoms with Crippen LogP contribution in [0.25, 0.3) is 0 Å². The van der Waals surface area contributed by atoms with Gasteiger partial charge in [-0.25, -0.2) is 0 Å². The van der Waals surface area contributed by atoms with E-state index < -0.39 is 0 Å². The van der Waals surface area contributed by atoms with Crippen LogP contribution in [0.3, 0.4) is 0 Å². The Kier molecular flexibility index (Phi) is 0.295. The van der Waals surface area contributed by atoms with Crippen molar-refractivity contribution in [2.24, 2.45) is 0 Å². The van der Waals surface area contributed by atoms with Crippen LogP contribution in [-0.4, -0.2) is 0 Å². The molecule has 28 valence electrons. The first kappa shape index (κ1) is 2.76. The van der Waals surface area contributed by atoms with Crippen molar-refractivity contribution in [1.82, 2.24) is 0 Å². The minimum Gasteiger partial charge on any atom is -0.460 e. The van der Waals surface area contributed by atoms with Crippen LogP contribution in [0.15, 0.2) is 11.5 Å². The smallest absolute Gasteiger partial charge is 0.139 e. The summed E-state index contributed by atoms with van der Waals surface area (Å²) < 4.78 is 4.75.